The Morgan fingerprint density at radius 1 is 0.481 bits per heavy atom. The van der Waals surface area contributed by atoms with Crippen molar-refractivity contribution in [2.75, 3.05) is 0 Å². The number of aryl methyl sites for hydroxylation is 3. The SMILES string of the molecule is [CH2-][n+]1c(-c2ccccc2)cccc1C([N-]c1c(C)cc(C)cc1C)c1ccccc1.[CH2-]c1ccccc1.[CH2-]c1ccccc1.[CH2-]c1ccccc1.[Hf+4]. The van der Waals surface area contributed by atoms with Gasteiger partial charge in [0.2, 0.25) is 0 Å². The van der Waals surface area contributed by atoms with Gasteiger partial charge in [-0.1, -0.05) is 131 Å². The van der Waals surface area contributed by atoms with Crippen LogP contribution in [0, 0.1) is 48.6 Å². The molecule has 1 aromatic heterocycles. The number of hydrogen-bond donors (Lipinski definition) is 0. The summed E-state index contributed by atoms with van der Waals surface area (Å²) in [5.74, 6) is 0. The van der Waals surface area contributed by atoms with E-state index in [1.54, 1.807) is 0 Å². The third kappa shape index (κ3) is 13.1. The van der Waals surface area contributed by atoms with Crippen LogP contribution >= 0.6 is 0 Å². The molecule has 6 aromatic carbocycles. The predicted molar refractivity (Wildman–Crippen MR) is 217 cm³/mol. The Balaban J connectivity index is 0.000000265. The summed E-state index contributed by atoms with van der Waals surface area (Å²) in [5.41, 5.74) is 12.4. The molecule has 7 aromatic rings. The van der Waals surface area contributed by atoms with E-state index >= 15 is 0 Å². The summed E-state index contributed by atoms with van der Waals surface area (Å²) < 4.78 is 2.02. The first-order valence-electron chi connectivity index (χ1n) is 17.1. The molecule has 7 rings (SSSR count). The molecule has 0 amide bonds. The van der Waals surface area contributed by atoms with Crippen molar-refractivity contribution in [2.45, 2.75) is 26.8 Å². The maximum Gasteiger partial charge on any atom is 4.00 e. The van der Waals surface area contributed by atoms with E-state index in [2.05, 4.69) is 127 Å². The molecule has 1 heterocycles. The van der Waals surface area contributed by atoms with Crippen LogP contribution in [0.25, 0.3) is 16.6 Å². The van der Waals surface area contributed by atoms with Gasteiger partial charge in [-0.3, -0.25) is 0 Å². The van der Waals surface area contributed by atoms with Crippen LogP contribution in [-0.2, 0) is 25.8 Å². The quantitative estimate of drug-likeness (QED) is 0.0934. The number of benzene rings is 6. The first kappa shape index (κ1) is 41.0. The van der Waals surface area contributed by atoms with E-state index in [1.165, 1.54) is 16.7 Å². The summed E-state index contributed by atoms with van der Waals surface area (Å²) in [6.07, 6.45) is 0. The van der Waals surface area contributed by atoms with Gasteiger partial charge >= 0.3 is 25.8 Å². The van der Waals surface area contributed by atoms with Crippen LogP contribution in [-0.4, -0.2) is 0 Å². The van der Waals surface area contributed by atoms with Crippen LogP contribution in [0.1, 0.15) is 50.7 Å². The second kappa shape index (κ2) is 21.8. The Morgan fingerprint density at radius 3 is 1.25 bits per heavy atom. The van der Waals surface area contributed by atoms with Gasteiger partial charge < -0.3 is 9.88 Å². The zero-order chi connectivity index (χ0) is 36.4. The molecule has 1 unspecified atom stereocenters. The molecular weight excluding hydrogens is 795 g/mol. The fourth-order valence-corrected chi connectivity index (χ4v) is 5.54. The van der Waals surface area contributed by atoms with Gasteiger partial charge in [0.05, 0.1) is 5.69 Å². The van der Waals surface area contributed by atoms with Crippen molar-refractivity contribution >= 4 is 5.69 Å². The Hall–Kier alpha value is -5.38. The average molecular weight is 843 g/mol. The molecular formula is C49H48HfN2. The molecule has 1 atom stereocenters. The molecule has 0 aliphatic carbocycles. The molecule has 258 valence electrons. The molecule has 0 saturated carbocycles. The van der Waals surface area contributed by atoms with Gasteiger partial charge in [-0.2, -0.15) is 73.9 Å². The van der Waals surface area contributed by atoms with E-state index in [-0.39, 0.29) is 31.9 Å². The molecule has 3 heteroatoms. The second-order valence-electron chi connectivity index (χ2n) is 12.3. The summed E-state index contributed by atoms with van der Waals surface area (Å²) in [7, 11) is 4.40. The molecule has 0 bridgehead atoms. The van der Waals surface area contributed by atoms with Crippen LogP contribution in [0.2, 0.25) is 0 Å². The summed E-state index contributed by atoms with van der Waals surface area (Å²) in [5, 5.41) is 5.27. The maximum absolute atomic E-state index is 5.27. The van der Waals surface area contributed by atoms with E-state index in [0.717, 1.165) is 44.9 Å². The topological polar surface area (TPSA) is 18.0 Å². The monoisotopic (exact) mass is 844 g/mol. The van der Waals surface area contributed by atoms with Crippen molar-refractivity contribution in [2.24, 2.45) is 0 Å². The summed E-state index contributed by atoms with van der Waals surface area (Å²) in [6, 6.07) is 61.0. The Bertz CT molecular complexity index is 1900. The number of pyridine rings is 1. The predicted octanol–water partition coefficient (Wildman–Crippen LogP) is 12.6. The van der Waals surface area contributed by atoms with Gasteiger partial charge in [-0.25, -0.2) is 0 Å². The molecule has 0 spiro atoms. The largest absolute Gasteiger partial charge is 4.00 e. The zero-order valence-electron chi connectivity index (χ0n) is 30.6. The van der Waals surface area contributed by atoms with E-state index < -0.39 is 0 Å². The molecule has 2 nitrogen and oxygen atoms in total. The second-order valence-corrected chi connectivity index (χ2v) is 12.3. The number of hydrogen-bond acceptors (Lipinski definition) is 0. The van der Waals surface area contributed by atoms with Crippen molar-refractivity contribution < 1.29 is 30.4 Å². The standard InChI is InChI=1S/C28H27N2.3C7H7.Hf/c1-20-18-21(2)27(22(3)19-20)29-28(24-14-9-6-10-15-24)26-17-11-16-25(30(26)4)23-12-7-5-8-13-23;3*1-7-5-3-2-4-6-7;/h5-19,28H,4H2,1-3H3;3*2-6H,1H2;/q4*-1;+4. The van der Waals surface area contributed by atoms with E-state index in [0.29, 0.717) is 0 Å². The maximum atomic E-state index is 5.27. The van der Waals surface area contributed by atoms with Crippen LogP contribution in [0.3, 0.4) is 0 Å². The fourth-order valence-electron chi connectivity index (χ4n) is 5.54. The van der Waals surface area contributed by atoms with E-state index in [4.69, 9.17) is 5.32 Å². The van der Waals surface area contributed by atoms with Crippen molar-refractivity contribution in [3.63, 3.8) is 0 Å². The minimum Gasteiger partial charge on any atom is -0.679 e. The normalized spacial score (nSPS) is 10.3. The number of nitrogens with zero attached hydrogens (tertiary/aromatic N) is 2. The van der Waals surface area contributed by atoms with Crippen LogP contribution in [0.4, 0.5) is 5.69 Å². The van der Waals surface area contributed by atoms with Gasteiger partial charge in [-0.15, -0.1) is 42.1 Å². The van der Waals surface area contributed by atoms with Gasteiger partial charge in [0.15, 0.2) is 0 Å². The Morgan fingerprint density at radius 2 is 0.865 bits per heavy atom. The smallest absolute Gasteiger partial charge is 0.679 e. The third-order valence-corrected chi connectivity index (χ3v) is 8.01. The third-order valence-electron chi connectivity index (χ3n) is 8.01. The molecule has 0 aliphatic rings. The minimum absolute atomic E-state index is 0. The van der Waals surface area contributed by atoms with Crippen molar-refractivity contribution in [1.82, 2.24) is 0 Å². The Kier molecular flexibility index (Phi) is 17.2. The van der Waals surface area contributed by atoms with Crippen molar-refractivity contribution in [3.05, 3.63) is 260 Å². The average Bonchev–Trinajstić information content (AvgIpc) is 3.14. The minimum atomic E-state index is -0.146. The van der Waals surface area contributed by atoms with E-state index in [1.807, 2.05) is 108 Å². The number of aromatic nitrogens is 1. The molecule has 0 fully saturated rings. The molecule has 0 radical (unpaired) electrons. The number of rotatable bonds is 5. The summed E-state index contributed by atoms with van der Waals surface area (Å²) in [4.78, 5) is 0. The van der Waals surface area contributed by atoms with E-state index in [9.17, 15) is 0 Å². The molecule has 0 N–H and O–H groups in total. The Labute approximate surface area is 332 Å². The van der Waals surface area contributed by atoms with Crippen LogP contribution in [0.15, 0.2) is 182 Å². The first-order chi connectivity index (χ1) is 24.7. The van der Waals surface area contributed by atoms with Gasteiger partial charge in [0, 0.05) is 7.05 Å². The fraction of sp³-hybridized carbons (Fsp3) is 0.0816. The van der Waals surface area contributed by atoms with Gasteiger partial charge in [-0.05, 0) is 32.4 Å². The summed E-state index contributed by atoms with van der Waals surface area (Å²) in [6.45, 7) is 17.6. The van der Waals surface area contributed by atoms with Gasteiger partial charge in [0.1, 0.15) is 5.69 Å². The van der Waals surface area contributed by atoms with Gasteiger partial charge in [0.25, 0.3) is 0 Å². The van der Waals surface area contributed by atoms with Crippen molar-refractivity contribution in [1.29, 1.82) is 0 Å². The zero-order valence-corrected chi connectivity index (χ0v) is 34.2. The first-order valence-corrected chi connectivity index (χ1v) is 17.1. The van der Waals surface area contributed by atoms with Crippen LogP contribution in [0.5, 0.6) is 0 Å². The molecule has 52 heavy (non-hydrogen) atoms. The van der Waals surface area contributed by atoms with Crippen LogP contribution < -0.4 is 4.57 Å². The van der Waals surface area contributed by atoms with Crippen molar-refractivity contribution in [3.8, 4) is 11.3 Å². The molecule has 0 aliphatic heterocycles. The molecule has 0 saturated heterocycles. The summed E-state index contributed by atoms with van der Waals surface area (Å²) >= 11 is 0.